The van der Waals surface area contributed by atoms with Crippen molar-refractivity contribution in [1.82, 2.24) is 15.1 Å². The summed E-state index contributed by atoms with van der Waals surface area (Å²) in [5, 5.41) is 7.35. The highest BCUT2D eigenvalue weighted by molar-refractivity contribution is 5.76. The maximum absolute atomic E-state index is 12.0. The monoisotopic (exact) mass is 250 g/mol. The molecule has 0 atom stereocenters. The van der Waals surface area contributed by atoms with E-state index < -0.39 is 0 Å². The number of nitrogens with zero attached hydrogens (tertiary/aromatic N) is 2. The van der Waals surface area contributed by atoms with Gasteiger partial charge in [0.2, 0.25) is 5.91 Å². The summed E-state index contributed by atoms with van der Waals surface area (Å²) < 4.78 is 1.67. The second-order valence-corrected chi connectivity index (χ2v) is 5.79. The van der Waals surface area contributed by atoms with Crippen molar-refractivity contribution in [2.24, 2.45) is 5.92 Å². The maximum atomic E-state index is 12.0. The molecule has 2 rings (SSSR count). The Hall–Kier alpha value is -1.52. The predicted molar refractivity (Wildman–Crippen MR) is 71.1 cm³/mol. The van der Waals surface area contributed by atoms with Crippen molar-refractivity contribution >= 4 is 11.6 Å². The molecule has 5 nitrogen and oxygen atoms in total. The molecule has 0 aromatic carbocycles. The Morgan fingerprint density at radius 2 is 2.11 bits per heavy atom. The van der Waals surface area contributed by atoms with Crippen LogP contribution < -0.4 is 11.1 Å². The number of carbonyl (C=O) groups is 1. The number of aromatic nitrogens is 2. The number of hydrogen-bond acceptors (Lipinski definition) is 3. The molecule has 0 spiro atoms. The van der Waals surface area contributed by atoms with Crippen LogP contribution in [0.4, 0.5) is 5.69 Å². The first kappa shape index (κ1) is 12.9. The Labute approximate surface area is 108 Å². The molecule has 1 aliphatic carbocycles. The lowest BCUT2D eigenvalue weighted by atomic mass is 9.99. The van der Waals surface area contributed by atoms with Crippen LogP contribution in [-0.4, -0.2) is 21.2 Å². The van der Waals surface area contributed by atoms with Crippen molar-refractivity contribution in [3.05, 3.63) is 11.4 Å². The molecule has 0 radical (unpaired) electrons. The molecule has 1 aliphatic rings. The number of hydrogen-bond donors (Lipinski definition) is 2. The second kappa shape index (κ2) is 4.30. The van der Waals surface area contributed by atoms with Gasteiger partial charge in [-0.1, -0.05) is 0 Å². The molecule has 1 aromatic heterocycles. The van der Waals surface area contributed by atoms with Crippen LogP contribution in [0.25, 0.3) is 0 Å². The van der Waals surface area contributed by atoms with E-state index in [0.29, 0.717) is 11.6 Å². The van der Waals surface area contributed by atoms with Crippen molar-refractivity contribution in [2.75, 3.05) is 5.73 Å². The van der Waals surface area contributed by atoms with E-state index in [9.17, 15) is 4.79 Å². The number of amides is 1. The van der Waals surface area contributed by atoms with Gasteiger partial charge in [0.1, 0.15) is 6.54 Å². The second-order valence-electron chi connectivity index (χ2n) is 5.79. The van der Waals surface area contributed by atoms with E-state index in [1.807, 2.05) is 13.8 Å². The minimum atomic E-state index is -0.112. The number of carbonyl (C=O) groups excluding carboxylic acids is 1. The minimum Gasteiger partial charge on any atom is -0.396 e. The summed E-state index contributed by atoms with van der Waals surface area (Å²) in [6, 6.07) is 0. The molecule has 0 bridgehead atoms. The Morgan fingerprint density at radius 1 is 1.50 bits per heavy atom. The highest BCUT2D eigenvalue weighted by atomic mass is 16.2. The number of nitrogens with two attached hydrogens (primary N) is 1. The largest absolute Gasteiger partial charge is 0.396 e. The fourth-order valence-corrected chi connectivity index (χ4v) is 2.31. The molecule has 1 saturated carbocycles. The Balaban J connectivity index is 2.00. The standard InChI is InChI=1S/C13H22N4O/c1-8-12(14)9(2)17(16-8)7-11(18)15-13(3,4)10-5-6-10/h10H,5-7,14H2,1-4H3,(H,15,18). The molecule has 5 heteroatoms. The van der Waals surface area contributed by atoms with Crippen LogP contribution in [-0.2, 0) is 11.3 Å². The van der Waals surface area contributed by atoms with E-state index in [1.54, 1.807) is 4.68 Å². The van der Waals surface area contributed by atoms with Crippen LogP contribution in [0.1, 0.15) is 38.1 Å². The van der Waals surface area contributed by atoms with Gasteiger partial charge in [0.05, 0.1) is 17.1 Å². The third kappa shape index (κ3) is 2.49. The van der Waals surface area contributed by atoms with Gasteiger partial charge in [-0.25, -0.2) is 0 Å². The summed E-state index contributed by atoms with van der Waals surface area (Å²) in [7, 11) is 0. The topological polar surface area (TPSA) is 72.9 Å². The van der Waals surface area contributed by atoms with Crippen LogP contribution in [0.3, 0.4) is 0 Å². The first-order chi connectivity index (χ1) is 8.31. The number of nitrogens with one attached hydrogen (secondary N) is 1. The highest BCUT2D eigenvalue weighted by Crippen LogP contribution is 2.39. The average molecular weight is 250 g/mol. The van der Waals surface area contributed by atoms with Crippen LogP contribution in [0.15, 0.2) is 0 Å². The summed E-state index contributed by atoms with van der Waals surface area (Å²) in [5.74, 6) is 0.615. The zero-order valence-corrected chi connectivity index (χ0v) is 11.6. The summed E-state index contributed by atoms with van der Waals surface area (Å²) in [5.41, 5.74) is 8.04. The molecule has 3 N–H and O–H groups in total. The number of rotatable bonds is 4. The van der Waals surface area contributed by atoms with Crippen LogP contribution in [0.2, 0.25) is 0 Å². The van der Waals surface area contributed by atoms with Gasteiger partial charge in [0, 0.05) is 5.54 Å². The first-order valence-corrected chi connectivity index (χ1v) is 6.41. The van der Waals surface area contributed by atoms with Crippen molar-refractivity contribution in [3.63, 3.8) is 0 Å². The van der Waals surface area contributed by atoms with Crippen molar-refractivity contribution in [3.8, 4) is 0 Å². The quantitative estimate of drug-likeness (QED) is 0.848. The van der Waals surface area contributed by atoms with E-state index in [2.05, 4.69) is 24.3 Å². The first-order valence-electron chi connectivity index (χ1n) is 6.41. The molecular formula is C13H22N4O. The predicted octanol–water partition coefficient (Wildman–Crippen LogP) is 1.39. The van der Waals surface area contributed by atoms with Crippen molar-refractivity contribution < 1.29 is 4.79 Å². The minimum absolute atomic E-state index is 0.00231. The highest BCUT2D eigenvalue weighted by Gasteiger charge is 2.38. The maximum Gasteiger partial charge on any atom is 0.242 e. The van der Waals surface area contributed by atoms with Gasteiger partial charge in [-0.15, -0.1) is 0 Å². The normalized spacial score (nSPS) is 15.8. The molecule has 0 unspecified atom stereocenters. The molecule has 1 heterocycles. The fraction of sp³-hybridized carbons (Fsp3) is 0.692. The molecular weight excluding hydrogens is 228 g/mol. The molecule has 100 valence electrons. The summed E-state index contributed by atoms with van der Waals surface area (Å²) >= 11 is 0. The smallest absolute Gasteiger partial charge is 0.242 e. The van der Waals surface area contributed by atoms with Gasteiger partial charge in [-0.3, -0.25) is 9.48 Å². The summed E-state index contributed by atoms with van der Waals surface area (Å²) in [6.07, 6.45) is 2.42. The molecule has 0 saturated heterocycles. The summed E-state index contributed by atoms with van der Waals surface area (Å²) in [6.45, 7) is 8.13. The number of anilines is 1. The Morgan fingerprint density at radius 3 is 2.56 bits per heavy atom. The van der Waals surface area contributed by atoms with Gasteiger partial charge in [-0.2, -0.15) is 5.10 Å². The third-order valence-electron chi connectivity index (χ3n) is 3.79. The number of nitrogen functional groups attached to an aromatic ring is 1. The molecule has 1 fully saturated rings. The van der Waals surface area contributed by atoms with E-state index in [4.69, 9.17) is 5.73 Å². The van der Waals surface area contributed by atoms with Gasteiger partial charge in [-0.05, 0) is 46.5 Å². The SMILES string of the molecule is Cc1nn(CC(=O)NC(C)(C)C2CC2)c(C)c1N. The molecule has 1 aromatic rings. The lowest BCUT2D eigenvalue weighted by Crippen LogP contribution is -2.46. The van der Waals surface area contributed by atoms with Crippen LogP contribution >= 0.6 is 0 Å². The fourth-order valence-electron chi connectivity index (χ4n) is 2.31. The van der Waals surface area contributed by atoms with Gasteiger partial charge < -0.3 is 11.1 Å². The van der Waals surface area contributed by atoms with Crippen molar-refractivity contribution in [1.29, 1.82) is 0 Å². The van der Waals surface area contributed by atoms with E-state index >= 15 is 0 Å². The lowest BCUT2D eigenvalue weighted by molar-refractivity contribution is -0.123. The number of aryl methyl sites for hydroxylation is 1. The molecule has 18 heavy (non-hydrogen) atoms. The summed E-state index contributed by atoms with van der Waals surface area (Å²) in [4.78, 5) is 12.0. The van der Waals surface area contributed by atoms with Gasteiger partial charge in [0.25, 0.3) is 0 Å². The van der Waals surface area contributed by atoms with E-state index in [0.717, 1.165) is 11.4 Å². The average Bonchev–Trinajstić information content (AvgIpc) is 3.05. The molecule has 0 aliphatic heterocycles. The Bertz CT molecular complexity index is 472. The van der Waals surface area contributed by atoms with Crippen LogP contribution in [0.5, 0.6) is 0 Å². The zero-order chi connectivity index (χ0) is 13.5. The van der Waals surface area contributed by atoms with Gasteiger partial charge >= 0.3 is 0 Å². The van der Waals surface area contributed by atoms with E-state index in [1.165, 1.54) is 12.8 Å². The van der Waals surface area contributed by atoms with Crippen LogP contribution in [0, 0.1) is 19.8 Å². The third-order valence-corrected chi connectivity index (χ3v) is 3.79. The van der Waals surface area contributed by atoms with Crippen molar-refractivity contribution in [2.45, 2.75) is 52.6 Å². The zero-order valence-electron chi connectivity index (χ0n) is 11.6. The van der Waals surface area contributed by atoms with E-state index in [-0.39, 0.29) is 18.0 Å². The lowest BCUT2D eigenvalue weighted by Gasteiger charge is -2.26. The van der Waals surface area contributed by atoms with Gasteiger partial charge in [0.15, 0.2) is 0 Å². The Kier molecular flexibility index (Phi) is 3.09. The molecule has 1 amide bonds.